The zero-order chi connectivity index (χ0) is 20.9. The Labute approximate surface area is 168 Å². The van der Waals surface area contributed by atoms with Gasteiger partial charge in [-0.15, -0.1) is 0 Å². The summed E-state index contributed by atoms with van der Waals surface area (Å²) >= 11 is 0. The van der Waals surface area contributed by atoms with Crippen LogP contribution in [0, 0.1) is 12.7 Å². The number of halogens is 1. The van der Waals surface area contributed by atoms with Crippen molar-refractivity contribution in [3.63, 3.8) is 0 Å². The van der Waals surface area contributed by atoms with E-state index in [-0.39, 0.29) is 23.1 Å². The Kier molecular flexibility index (Phi) is 6.13. The molecule has 3 aromatic rings. The average molecular weight is 414 g/mol. The van der Waals surface area contributed by atoms with Crippen molar-refractivity contribution in [3.8, 4) is 5.75 Å². The molecule has 8 heteroatoms. The maximum atomic E-state index is 12.9. The second kappa shape index (κ2) is 8.74. The standard InChI is InChI=1S/C21H19FN2O4S/c1-15-3-2-4-19(13-15)28-14-21(25)23-17-9-11-20(12-10-17)29(26,27)24-18-7-5-16(22)6-8-18/h2-13,24H,14H2,1H3,(H,23,25). The molecule has 150 valence electrons. The Balaban J connectivity index is 1.58. The highest BCUT2D eigenvalue weighted by molar-refractivity contribution is 7.92. The Morgan fingerprint density at radius 2 is 1.62 bits per heavy atom. The fourth-order valence-corrected chi connectivity index (χ4v) is 3.56. The van der Waals surface area contributed by atoms with Crippen LogP contribution in [0.15, 0.2) is 77.7 Å². The Morgan fingerprint density at radius 1 is 0.966 bits per heavy atom. The first-order valence-electron chi connectivity index (χ1n) is 8.70. The minimum Gasteiger partial charge on any atom is -0.484 e. The van der Waals surface area contributed by atoms with E-state index in [0.717, 1.165) is 17.7 Å². The number of carbonyl (C=O) groups is 1. The number of hydrogen-bond donors (Lipinski definition) is 2. The molecule has 0 radical (unpaired) electrons. The molecular formula is C21H19FN2O4S. The zero-order valence-electron chi connectivity index (χ0n) is 15.6. The summed E-state index contributed by atoms with van der Waals surface area (Å²) in [4.78, 5) is 12.0. The lowest BCUT2D eigenvalue weighted by Crippen LogP contribution is -2.20. The van der Waals surface area contributed by atoms with Gasteiger partial charge in [0.25, 0.3) is 15.9 Å². The molecule has 0 atom stereocenters. The number of nitrogens with one attached hydrogen (secondary N) is 2. The third-order valence-corrected chi connectivity index (χ3v) is 5.30. The number of sulfonamides is 1. The highest BCUT2D eigenvalue weighted by atomic mass is 32.2. The lowest BCUT2D eigenvalue weighted by molar-refractivity contribution is -0.118. The molecule has 6 nitrogen and oxygen atoms in total. The van der Waals surface area contributed by atoms with Crippen molar-refractivity contribution in [3.05, 3.63) is 84.2 Å². The summed E-state index contributed by atoms with van der Waals surface area (Å²) in [6.07, 6.45) is 0. The van der Waals surface area contributed by atoms with E-state index in [0.29, 0.717) is 11.4 Å². The first kappa shape index (κ1) is 20.3. The summed E-state index contributed by atoms with van der Waals surface area (Å²) in [6.45, 7) is 1.75. The van der Waals surface area contributed by atoms with Crippen molar-refractivity contribution < 1.29 is 22.3 Å². The second-order valence-corrected chi connectivity index (χ2v) is 7.97. The summed E-state index contributed by atoms with van der Waals surface area (Å²) in [7, 11) is -3.83. The van der Waals surface area contributed by atoms with E-state index in [1.165, 1.54) is 36.4 Å². The summed E-state index contributed by atoms with van der Waals surface area (Å²) in [5.41, 5.74) is 1.70. The summed E-state index contributed by atoms with van der Waals surface area (Å²) in [6, 6.07) is 18.0. The van der Waals surface area contributed by atoms with Crippen LogP contribution in [0.4, 0.5) is 15.8 Å². The van der Waals surface area contributed by atoms with Gasteiger partial charge in [0.1, 0.15) is 11.6 Å². The molecule has 0 aromatic heterocycles. The number of aryl methyl sites for hydroxylation is 1. The highest BCUT2D eigenvalue weighted by Gasteiger charge is 2.14. The van der Waals surface area contributed by atoms with Gasteiger partial charge in [0.2, 0.25) is 0 Å². The maximum absolute atomic E-state index is 12.9. The predicted octanol–water partition coefficient (Wildman–Crippen LogP) is 3.95. The SMILES string of the molecule is Cc1cccc(OCC(=O)Nc2ccc(S(=O)(=O)Nc3ccc(F)cc3)cc2)c1. The molecule has 1 amide bonds. The van der Waals surface area contributed by atoms with Crippen molar-refractivity contribution in [2.45, 2.75) is 11.8 Å². The van der Waals surface area contributed by atoms with Crippen LogP contribution < -0.4 is 14.8 Å². The molecule has 0 aliphatic heterocycles. The van der Waals surface area contributed by atoms with E-state index in [1.54, 1.807) is 6.07 Å². The molecule has 0 aliphatic rings. The van der Waals surface area contributed by atoms with E-state index in [9.17, 15) is 17.6 Å². The zero-order valence-corrected chi connectivity index (χ0v) is 16.4. The fraction of sp³-hybridized carbons (Fsp3) is 0.0952. The maximum Gasteiger partial charge on any atom is 0.262 e. The number of anilines is 2. The molecule has 3 rings (SSSR count). The predicted molar refractivity (Wildman–Crippen MR) is 109 cm³/mol. The van der Waals surface area contributed by atoms with E-state index < -0.39 is 15.8 Å². The monoisotopic (exact) mass is 414 g/mol. The molecule has 0 saturated heterocycles. The molecule has 29 heavy (non-hydrogen) atoms. The van der Waals surface area contributed by atoms with E-state index in [2.05, 4.69) is 10.0 Å². The van der Waals surface area contributed by atoms with Gasteiger partial charge in [-0.05, 0) is 73.2 Å². The van der Waals surface area contributed by atoms with Crippen LogP contribution in [0.1, 0.15) is 5.56 Å². The number of rotatable bonds is 7. The number of hydrogen-bond acceptors (Lipinski definition) is 4. The first-order valence-corrected chi connectivity index (χ1v) is 10.2. The molecular weight excluding hydrogens is 395 g/mol. The molecule has 0 saturated carbocycles. The number of benzene rings is 3. The molecule has 0 heterocycles. The fourth-order valence-electron chi connectivity index (χ4n) is 2.50. The van der Waals surface area contributed by atoms with E-state index in [4.69, 9.17) is 4.74 Å². The quantitative estimate of drug-likeness (QED) is 0.613. The van der Waals surface area contributed by atoms with Gasteiger partial charge in [-0.3, -0.25) is 9.52 Å². The van der Waals surface area contributed by atoms with Crippen LogP contribution in [0.25, 0.3) is 0 Å². The van der Waals surface area contributed by atoms with Gasteiger partial charge in [0, 0.05) is 11.4 Å². The minimum absolute atomic E-state index is 0.0100. The van der Waals surface area contributed by atoms with Crippen LogP contribution in [0.5, 0.6) is 5.75 Å². The van der Waals surface area contributed by atoms with Gasteiger partial charge in [0.15, 0.2) is 6.61 Å². The van der Waals surface area contributed by atoms with E-state index >= 15 is 0 Å². The van der Waals surface area contributed by atoms with Gasteiger partial charge in [-0.2, -0.15) is 0 Å². The summed E-state index contributed by atoms with van der Waals surface area (Å²) < 4.78 is 45.5. The Bertz CT molecular complexity index is 1100. The van der Waals surface area contributed by atoms with Gasteiger partial charge < -0.3 is 10.1 Å². The van der Waals surface area contributed by atoms with Crippen LogP contribution in [0.2, 0.25) is 0 Å². The van der Waals surface area contributed by atoms with Crippen molar-refractivity contribution in [2.75, 3.05) is 16.6 Å². The number of carbonyl (C=O) groups excluding carboxylic acids is 1. The van der Waals surface area contributed by atoms with Crippen molar-refractivity contribution in [2.24, 2.45) is 0 Å². The van der Waals surface area contributed by atoms with Crippen LogP contribution in [0.3, 0.4) is 0 Å². The summed E-state index contributed by atoms with van der Waals surface area (Å²) in [5, 5.41) is 2.64. The lowest BCUT2D eigenvalue weighted by atomic mass is 10.2. The molecule has 0 spiro atoms. The normalized spacial score (nSPS) is 11.0. The smallest absolute Gasteiger partial charge is 0.262 e. The van der Waals surface area contributed by atoms with Crippen molar-refractivity contribution >= 4 is 27.3 Å². The van der Waals surface area contributed by atoms with Gasteiger partial charge in [-0.25, -0.2) is 12.8 Å². The Morgan fingerprint density at radius 3 is 2.28 bits per heavy atom. The molecule has 0 unspecified atom stereocenters. The van der Waals surface area contributed by atoms with Crippen molar-refractivity contribution in [1.82, 2.24) is 0 Å². The molecule has 0 fully saturated rings. The largest absolute Gasteiger partial charge is 0.484 e. The van der Waals surface area contributed by atoms with Crippen molar-refractivity contribution in [1.29, 1.82) is 0 Å². The third kappa shape index (κ3) is 5.79. The highest BCUT2D eigenvalue weighted by Crippen LogP contribution is 2.19. The van der Waals surface area contributed by atoms with Crippen LogP contribution in [-0.4, -0.2) is 20.9 Å². The van der Waals surface area contributed by atoms with Gasteiger partial charge in [-0.1, -0.05) is 12.1 Å². The topological polar surface area (TPSA) is 84.5 Å². The second-order valence-electron chi connectivity index (χ2n) is 6.29. The van der Waals surface area contributed by atoms with Gasteiger partial charge in [0.05, 0.1) is 4.90 Å². The Hall–Kier alpha value is -3.39. The van der Waals surface area contributed by atoms with Crippen LogP contribution in [-0.2, 0) is 14.8 Å². The van der Waals surface area contributed by atoms with Gasteiger partial charge >= 0.3 is 0 Å². The first-order chi connectivity index (χ1) is 13.8. The lowest BCUT2D eigenvalue weighted by Gasteiger charge is -2.10. The number of amides is 1. The average Bonchev–Trinajstić information content (AvgIpc) is 2.69. The molecule has 0 bridgehead atoms. The molecule has 2 N–H and O–H groups in total. The third-order valence-electron chi connectivity index (χ3n) is 3.90. The van der Waals surface area contributed by atoms with Crippen LogP contribution >= 0.6 is 0 Å². The number of ether oxygens (including phenoxy) is 1. The van der Waals surface area contributed by atoms with E-state index in [1.807, 2.05) is 25.1 Å². The molecule has 3 aromatic carbocycles. The minimum atomic E-state index is -3.83. The summed E-state index contributed by atoms with van der Waals surface area (Å²) in [5.74, 6) is -0.237. The molecule has 0 aliphatic carbocycles.